The molecular formula is C28H29NO4S. The maximum absolute atomic E-state index is 13.3. The summed E-state index contributed by atoms with van der Waals surface area (Å²) in [7, 11) is 0. The first-order chi connectivity index (χ1) is 16.2. The zero-order valence-electron chi connectivity index (χ0n) is 20.0. The molecule has 2 aromatic carbocycles. The molecule has 4 rings (SSSR count). The SMILES string of the molecule is Cc1ccc(-c2ccc(N3C(=O)C(O)=C(C(=O)C(C)C)C3c3ccccc3OC(C)C)cc2)s1. The average Bonchev–Trinajstić information content (AvgIpc) is 3.34. The number of amides is 1. The number of rotatable bonds is 7. The lowest BCUT2D eigenvalue weighted by atomic mass is 9.90. The molecule has 1 atom stereocenters. The number of para-hydroxylation sites is 1. The van der Waals surface area contributed by atoms with Crippen molar-refractivity contribution in [1.29, 1.82) is 0 Å². The van der Waals surface area contributed by atoms with E-state index in [4.69, 9.17) is 4.74 Å². The molecule has 0 saturated heterocycles. The number of aliphatic hydroxyl groups is 1. The number of hydrogen-bond donors (Lipinski definition) is 1. The van der Waals surface area contributed by atoms with E-state index in [0.29, 0.717) is 17.0 Å². The number of carbonyl (C=O) groups excluding carboxylic acids is 2. The Kier molecular flexibility index (Phi) is 6.62. The van der Waals surface area contributed by atoms with Gasteiger partial charge in [-0.2, -0.15) is 0 Å². The molecule has 1 unspecified atom stereocenters. The summed E-state index contributed by atoms with van der Waals surface area (Å²) in [5, 5.41) is 10.9. The second kappa shape index (κ2) is 9.47. The third kappa shape index (κ3) is 4.38. The number of nitrogens with zero attached hydrogens (tertiary/aromatic N) is 1. The summed E-state index contributed by atoms with van der Waals surface area (Å²) in [5.41, 5.74) is 2.42. The molecule has 2 heterocycles. The van der Waals surface area contributed by atoms with E-state index < -0.39 is 17.7 Å². The number of benzene rings is 2. The van der Waals surface area contributed by atoms with Gasteiger partial charge in [-0.3, -0.25) is 14.5 Å². The Balaban J connectivity index is 1.83. The van der Waals surface area contributed by atoms with Gasteiger partial charge in [-0.15, -0.1) is 11.3 Å². The van der Waals surface area contributed by atoms with E-state index in [1.54, 1.807) is 25.2 Å². The van der Waals surface area contributed by atoms with Crippen molar-refractivity contribution in [2.75, 3.05) is 4.90 Å². The molecule has 3 aromatic rings. The quantitative estimate of drug-likeness (QED) is 0.416. The highest BCUT2D eigenvalue weighted by Gasteiger charge is 2.45. The van der Waals surface area contributed by atoms with Crippen molar-refractivity contribution in [3.8, 4) is 16.2 Å². The van der Waals surface area contributed by atoms with Crippen LogP contribution >= 0.6 is 11.3 Å². The number of ether oxygens (including phenoxy) is 1. The molecule has 6 heteroatoms. The fourth-order valence-corrected chi connectivity index (χ4v) is 5.05. The minimum Gasteiger partial charge on any atom is -0.503 e. The third-order valence-corrected chi connectivity index (χ3v) is 6.79. The van der Waals surface area contributed by atoms with Crippen LogP contribution in [0, 0.1) is 12.8 Å². The highest BCUT2D eigenvalue weighted by atomic mass is 32.1. The first-order valence-corrected chi connectivity index (χ1v) is 12.2. The van der Waals surface area contributed by atoms with E-state index in [9.17, 15) is 14.7 Å². The second-order valence-corrected chi connectivity index (χ2v) is 10.3. The summed E-state index contributed by atoms with van der Waals surface area (Å²) in [6.07, 6.45) is -0.0953. The molecule has 5 nitrogen and oxygen atoms in total. The number of ketones is 1. The molecule has 1 amide bonds. The van der Waals surface area contributed by atoms with Crippen molar-refractivity contribution in [1.82, 2.24) is 0 Å². The molecule has 0 fully saturated rings. The summed E-state index contributed by atoms with van der Waals surface area (Å²) >= 11 is 1.70. The molecule has 34 heavy (non-hydrogen) atoms. The highest BCUT2D eigenvalue weighted by Crippen LogP contribution is 2.45. The molecule has 1 aliphatic rings. The fourth-order valence-electron chi connectivity index (χ4n) is 4.17. The van der Waals surface area contributed by atoms with Gasteiger partial charge in [0.1, 0.15) is 5.75 Å². The van der Waals surface area contributed by atoms with Crippen LogP contribution in [0.2, 0.25) is 0 Å². The van der Waals surface area contributed by atoms with Crippen LogP contribution in [0.15, 0.2) is 72.0 Å². The van der Waals surface area contributed by atoms with E-state index in [0.717, 1.165) is 10.4 Å². The van der Waals surface area contributed by atoms with Gasteiger partial charge in [0, 0.05) is 26.9 Å². The normalized spacial score (nSPS) is 16.1. The van der Waals surface area contributed by atoms with Crippen molar-refractivity contribution >= 4 is 28.7 Å². The van der Waals surface area contributed by atoms with Crippen LogP contribution in [-0.2, 0) is 9.59 Å². The van der Waals surface area contributed by atoms with Crippen molar-refractivity contribution in [3.05, 3.63) is 82.4 Å². The molecule has 176 valence electrons. The zero-order valence-corrected chi connectivity index (χ0v) is 20.8. The average molecular weight is 476 g/mol. The number of thiophene rings is 1. The van der Waals surface area contributed by atoms with Gasteiger partial charge in [0.05, 0.1) is 17.7 Å². The minimum absolute atomic E-state index is 0.0953. The van der Waals surface area contributed by atoms with Gasteiger partial charge in [0.25, 0.3) is 5.91 Å². The molecule has 0 bridgehead atoms. The lowest BCUT2D eigenvalue weighted by Gasteiger charge is -2.29. The monoisotopic (exact) mass is 475 g/mol. The molecule has 0 aliphatic carbocycles. The van der Waals surface area contributed by atoms with E-state index in [1.165, 1.54) is 9.78 Å². The minimum atomic E-state index is -0.785. The fraction of sp³-hybridized carbons (Fsp3) is 0.286. The molecule has 1 aromatic heterocycles. The summed E-state index contributed by atoms with van der Waals surface area (Å²) in [6.45, 7) is 9.44. The molecule has 1 aliphatic heterocycles. The van der Waals surface area contributed by atoms with Crippen molar-refractivity contribution in [2.45, 2.75) is 46.8 Å². The van der Waals surface area contributed by atoms with E-state index >= 15 is 0 Å². The second-order valence-electron chi connectivity index (χ2n) is 9.02. The Hall–Kier alpha value is -3.38. The van der Waals surface area contributed by atoms with Crippen LogP contribution in [0.1, 0.15) is 44.2 Å². The number of aliphatic hydroxyl groups excluding tert-OH is 1. The maximum atomic E-state index is 13.3. The van der Waals surface area contributed by atoms with Crippen LogP contribution in [0.5, 0.6) is 5.75 Å². The number of carbonyl (C=O) groups is 2. The molecule has 1 N–H and O–H groups in total. The summed E-state index contributed by atoms with van der Waals surface area (Å²) < 4.78 is 6.03. The topological polar surface area (TPSA) is 66.8 Å². The van der Waals surface area contributed by atoms with Crippen LogP contribution in [0.4, 0.5) is 5.69 Å². The van der Waals surface area contributed by atoms with Gasteiger partial charge in [-0.05, 0) is 56.7 Å². The third-order valence-electron chi connectivity index (χ3n) is 5.74. The first kappa shape index (κ1) is 23.8. The predicted octanol–water partition coefficient (Wildman–Crippen LogP) is 6.64. The Morgan fingerprint density at radius 3 is 2.26 bits per heavy atom. The summed E-state index contributed by atoms with van der Waals surface area (Å²) in [4.78, 5) is 30.4. The van der Waals surface area contributed by atoms with Gasteiger partial charge in [-0.25, -0.2) is 0 Å². The number of hydrogen-bond acceptors (Lipinski definition) is 5. The van der Waals surface area contributed by atoms with Crippen molar-refractivity contribution in [2.24, 2.45) is 5.92 Å². The van der Waals surface area contributed by atoms with Crippen LogP contribution in [0.25, 0.3) is 10.4 Å². The van der Waals surface area contributed by atoms with Gasteiger partial charge < -0.3 is 9.84 Å². The van der Waals surface area contributed by atoms with E-state index in [-0.39, 0.29) is 23.4 Å². The maximum Gasteiger partial charge on any atom is 0.294 e. The predicted molar refractivity (Wildman–Crippen MR) is 136 cm³/mol. The number of anilines is 1. The van der Waals surface area contributed by atoms with Gasteiger partial charge in [0.2, 0.25) is 0 Å². The smallest absolute Gasteiger partial charge is 0.294 e. The Morgan fingerprint density at radius 2 is 1.68 bits per heavy atom. The van der Waals surface area contributed by atoms with Crippen LogP contribution < -0.4 is 9.64 Å². The Morgan fingerprint density at radius 1 is 1.00 bits per heavy atom. The lowest BCUT2D eigenvalue weighted by Crippen LogP contribution is -2.32. The lowest BCUT2D eigenvalue weighted by molar-refractivity contribution is -0.119. The largest absolute Gasteiger partial charge is 0.503 e. The number of aryl methyl sites for hydroxylation is 1. The van der Waals surface area contributed by atoms with Crippen molar-refractivity contribution < 1.29 is 19.4 Å². The van der Waals surface area contributed by atoms with Gasteiger partial charge in [0.15, 0.2) is 11.5 Å². The first-order valence-electron chi connectivity index (χ1n) is 11.4. The molecule has 0 spiro atoms. The molecule has 0 radical (unpaired) electrons. The van der Waals surface area contributed by atoms with Crippen LogP contribution in [0.3, 0.4) is 0 Å². The summed E-state index contributed by atoms with van der Waals surface area (Å²) in [5.74, 6) is -1.15. The van der Waals surface area contributed by atoms with E-state index in [2.05, 4.69) is 19.1 Å². The summed E-state index contributed by atoms with van der Waals surface area (Å²) in [6, 6.07) is 18.4. The molecular weight excluding hydrogens is 446 g/mol. The van der Waals surface area contributed by atoms with E-state index in [1.807, 2.05) is 62.4 Å². The number of Topliss-reactive ketones (excluding diaryl/α,β-unsaturated/α-hetero) is 1. The Bertz CT molecular complexity index is 1250. The van der Waals surface area contributed by atoms with Gasteiger partial charge in [-0.1, -0.05) is 44.2 Å². The van der Waals surface area contributed by atoms with Crippen molar-refractivity contribution in [3.63, 3.8) is 0 Å². The standard InChI is InChI=1S/C28H29NO4S/c1-16(2)26(30)24-25(21-8-6-7-9-22(21)33-17(3)4)29(28(32)27(24)31)20-13-11-19(12-14-20)23-15-10-18(5)34-23/h6-17,25,31H,1-5H3. The van der Waals surface area contributed by atoms with Gasteiger partial charge >= 0.3 is 0 Å². The highest BCUT2D eigenvalue weighted by molar-refractivity contribution is 7.15. The van der Waals surface area contributed by atoms with Crippen LogP contribution in [-0.4, -0.2) is 22.9 Å². The molecule has 0 saturated carbocycles. The zero-order chi connectivity index (χ0) is 24.6. The Labute approximate surface area is 204 Å².